The molecule has 0 fully saturated rings. The molecule has 6 rings (SSSR count). The molecule has 0 aliphatic heterocycles. The van der Waals surface area contributed by atoms with Crippen molar-refractivity contribution in [3.05, 3.63) is 170 Å². The first-order chi connectivity index (χ1) is 32.2. The number of nitriles is 1. The molecule has 14 heteroatoms. The fourth-order valence-corrected chi connectivity index (χ4v) is 7.51. The van der Waals surface area contributed by atoms with Crippen LogP contribution in [0, 0.1) is 11.3 Å². The summed E-state index contributed by atoms with van der Waals surface area (Å²) in [4.78, 5) is 52.2. The van der Waals surface area contributed by atoms with Gasteiger partial charge >= 0.3 is 11.9 Å². The molecular formula is C53H48Cl3N3O8. The Labute approximate surface area is 404 Å². The zero-order valence-electron chi connectivity index (χ0n) is 37.3. The molecule has 2 amide bonds. The van der Waals surface area contributed by atoms with Gasteiger partial charge < -0.3 is 29.6 Å². The monoisotopic (exact) mass is 959 g/mol. The lowest BCUT2D eigenvalue weighted by atomic mass is 10.0. The summed E-state index contributed by atoms with van der Waals surface area (Å²) in [5.41, 5.74) is 4.29. The fourth-order valence-electron chi connectivity index (χ4n) is 6.88. The number of rotatable bonds is 19. The van der Waals surface area contributed by atoms with E-state index in [1.54, 1.807) is 60.7 Å². The van der Waals surface area contributed by atoms with Crippen molar-refractivity contribution < 1.29 is 38.1 Å². The van der Waals surface area contributed by atoms with E-state index in [-0.39, 0.29) is 33.7 Å². The zero-order valence-corrected chi connectivity index (χ0v) is 39.6. The highest BCUT2D eigenvalue weighted by atomic mass is 35.5. The number of esters is 2. The molecule has 0 atom stereocenters. The molecule has 0 bridgehead atoms. The molecule has 0 spiro atoms. The number of halogens is 3. The van der Waals surface area contributed by atoms with Crippen molar-refractivity contribution >= 4 is 58.6 Å². The molecule has 0 aliphatic carbocycles. The highest BCUT2D eigenvalue weighted by Gasteiger charge is 2.35. The fraction of sp³-hybridized carbons (Fsp3) is 0.226. The van der Waals surface area contributed by atoms with Crippen LogP contribution in [0.2, 0.25) is 15.1 Å². The van der Waals surface area contributed by atoms with Crippen molar-refractivity contribution in [1.82, 2.24) is 10.6 Å². The van der Waals surface area contributed by atoms with Crippen molar-refractivity contribution in [1.29, 1.82) is 5.26 Å². The number of carbonyl (C=O) groups excluding carboxylic acids is 4. The minimum Gasteiger partial charge on any atom is -0.496 e. The number of carbonyl (C=O) groups is 4. The van der Waals surface area contributed by atoms with E-state index in [1.807, 2.05) is 48.5 Å². The van der Waals surface area contributed by atoms with Crippen LogP contribution in [0.5, 0.6) is 17.2 Å². The van der Waals surface area contributed by atoms with Crippen LogP contribution in [-0.4, -0.2) is 56.2 Å². The molecule has 344 valence electrons. The maximum Gasteiger partial charge on any atom is 0.357 e. The first-order valence-corrected chi connectivity index (χ1v) is 22.6. The number of ether oxygens (including phenoxy) is 4. The lowest BCUT2D eigenvalue weighted by Gasteiger charge is -2.24. The third-order valence-corrected chi connectivity index (χ3v) is 11.4. The predicted octanol–water partition coefficient (Wildman–Crippen LogP) is 11.5. The summed E-state index contributed by atoms with van der Waals surface area (Å²) < 4.78 is 22.3. The smallest absolute Gasteiger partial charge is 0.357 e. The standard InChI is InChI=1S/C53H48Cl3N3O8/c1-5-6-27-65-48-22-18-41(55)31-44(48)50(61)59-26-23-33-7-11-35(12-8-33)37-16-20-46(39(28-37)32-57)67-53(2,3)52(63)66-51(62)38-15-19-42(45(56)29-38)36-13-9-34(10-14-36)24-25-58-49(60)43-30-40(54)17-21-47(43)64-4/h7-22,28-31H,5-6,23-27H2,1-4H3,(H,58,60)(H,59,61). The van der Waals surface area contributed by atoms with Gasteiger partial charge in [-0.25, -0.2) is 9.59 Å². The van der Waals surface area contributed by atoms with Crippen LogP contribution < -0.4 is 24.8 Å². The van der Waals surface area contributed by atoms with E-state index in [9.17, 15) is 24.4 Å². The average Bonchev–Trinajstić information content (AvgIpc) is 3.32. The highest BCUT2D eigenvalue weighted by Crippen LogP contribution is 2.32. The van der Waals surface area contributed by atoms with Crippen LogP contribution in [0.1, 0.15) is 81.4 Å². The molecule has 2 N–H and O–H groups in total. The van der Waals surface area contributed by atoms with Crippen LogP contribution in [0.25, 0.3) is 22.3 Å². The van der Waals surface area contributed by atoms with Crippen molar-refractivity contribution in [2.24, 2.45) is 0 Å². The van der Waals surface area contributed by atoms with Crippen LogP contribution in [0.15, 0.2) is 121 Å². The topological polar surface area (TPSA) is 153 Å². The third-order valence-electron chi connectivity index (χ3n) is 10.6. The summed E-state index contributed by atoms with van der Waals surface area (Å²) in [6, 6.07) is 36.9. The summed E-state index contributed by atoms with van der Waals surface area (Å²) >= 11 is 18.9. The lowest BCUT2D eigenvalue weighted by molar-refractivity contribution is -0.153. The number of nitrogens with one attached hydrogen (secondary N) is 2. The van der Waals surface area contributed by atoms with E-state index in [2.05, 4.69) is 23.6 Å². The van der Waals surface area contributed by atoms with Gasteiger partial charge in [0.25, 0.3) is 11.8 Å². The number of unbranched alkanes of at least 4 members (excludes halogenated alkanes) is 1. The molecule has 0 unspecified atom stereocenters. The molecule has 0 aliphatic rings. The SMILES string of the molecule is CCCCOc1ccc(Cl)cc1C(=O)NCCc1ccc(-c2ccc(OC(C)(C)C(=O)OC(=O)c3ccc(-c4ccc(CCNC(=O)c5cc(Cl)ccc5OC)cc4)c(Cl)c3)c(C#N)c2)cc1. The summed E-state index contributed by atoms with van der Waals surface area (Å²) in [6.45, 7) is 6.23. The van der Waals surface area contributed by atoms with Crippen molar-refractivity contribution in [2.75, 3.05) is 26.8 Å². The van der Waals surface area contributed by atoms with Gasteiger partial charge in [-0.1, -0.05) is 109 Å². The van der Waals surface area contributed by atoms with E-state index in [0.29, 0.717) is 70.8 Å². The molecular weight excluding hydrogens is 913 g/mol. The quantitative estimate of drug-likeness (QED) is 0.0459. The van der Waals surface area contributed by atoms with Gasteiger partial charge in [-0.3, -0.25) is 9.59 Å². The second-order valence-electron chi connectivity index (χ2n) is 15.9. The number of nitrogens with zero attached hydrogens (tertiary/aromatic N) is 1. The summed E-state index contributed by atoms with van der Waals surface area (Å²) in [7, 11) is 1.49. The minimum atomic E-state index is -1.66. The molecule has 0 radical (unpaired) electrons. The molecule has 0 saturated carbocycles. The van der Waals surface area contributed by atoms with Crippen LogP contribution in [0.3, 0.4) is 0 Å². The van der Waals surface area contributed by atoms with E-state index in [4.69, 9.17) is 53.8 Å². The maximum absolute atomic E-state index is 13.3. The average molecular weight is 961 g/mol. The largest absolute Gasteiger partial charge is 0.496 e. The normalized spacial score (nSPS) is 11.0. The van der Waals surface area contributed by atoms with Gasteiger partial charge in [0, 0.05) is 33.7 Å². The Hall–Kier alpha value is -6.84. The van der Waals surface area contributed by atoms with E-state index in [1.165, 1.54) is 33.1 Å². The third kappa shape index (κ3) is 13.2. The van der Waals surface area contributed by atoms with E-state index >= 15 is 0 Å². The van der Waals surface area contributed by atoms with Gasteiger partial charge in [0.15, 0.2) is 0 Å². The van der Waals surface area contributed by atoms with Gasteiger partial charge in [0.1, 0.15) is 23.3 Å². The molecule has 6 aromatic carbocycles. The predicted molar refractivity (Wildman–Crippen MR) is 261 cm³/mol. The Morgan fingerprint density at radius 1 is 0.657 bits per heavy atom. The van der Waals surface area contributed by atoms with Gasteiger partial charge in [-0.15, -0.1) is 0 Å². The number of amides is 2. The van der Waals surface area contributed by atoms with E-state index < -0.39 is 17.5 Å². The number of hydrogen-bond acceptors (Lipinski definition) is 9. The summed E-state index contributed by atoms with van der Waals surface area (Å²) in [5, 5.41) is 17.0. The van der Waals surface area contributed by atoms with Gasteiger partial charge in [0.05, 0.1) is 36.0 Å². The molecule has 0 saturated heterocycles. The molecule has 0 heterocycles. The van der Waals surface area contributed by atoms with Crippen molar-refractivity contribution in [2.45, 2.75) is 52.1 Å². The minimum absolute atomic E-state index is 0.0545. The highest BCUT2D eigenvalue weighted by molar-refractivity contribution is 6.33. The zero-order chi connectivity index (χ0) is 48.1. The Morgan fingerprint density at radius 2 is 1.21 bits per heavy atom. The first kappa shape index (κ1) is 49.6. The molecule has 11 nitrogen and oxygen atoms in total. The van der Waals surface area contributed by atoms with Crippen LogP contribution in [0.4, 0.5) is 0 Å². The second-order valence-corrected chi connectivity index (χ2v) is 17.2. The van der Waals surface area contributed by atoms with Gasteiger partial charge in [-0.2, -0.15) is 5.26 Å². The Bertz CT molecular complexity index is 2810. The molecule has 0 aromatic heterocycles. The summed E-state index contributed by atoms with van der Waals surface area (Å²) in [5.74, 6) is -1.41. The summed E-state index contributed by atoms with van der Waals surface area (Å²) in [6.07, 6.45) is 2.99. The maximum atomic E-state index is 13.3. The number of benzene rings is 6. The first-order valence-electron chi connectivity index (χ1n) is 21.5. The Morgan fingerprint density at radius 3 is 1.78 bits per heavy atom. The van der Waals surface area contributed by atoms with Gasteiger partial charge in [0.2, 0.25) is 5.60 Å². The van der Waals surface area contributed by atoms with Crippen LogP contribution in [-0.2, 0) is 22.4 Å². The van der Waals surface area contributed by atoms with E-state index in [0.717, 1.165) is 40.7 Å². The van der Waals surface area contributed by atoms with Crippen LogP contribution >= 0.6 is 34.8 Å². The van der Waals surface area contributed by atoms with Crippen molar-refractivity contribution in [3.8, 4) is 45.6 Å². The Balaban J connectivity index is 0.999. The van der Waals surface area contributed by atoms with Crippen molar-refractivity contribution in [3.63, 3.8) is 0 Å². The number of hydrogen-bond donors (Lipinski definition) is 2. The lowest BCUT2D eigenvalue weighted by Crippen LogP contribution is -2.41. The van der Waals surface area contributed by atoms with Gasteiger partial charge in [-0.05, 0) is 122 Å². The Kier molecular flexibility index (Phi) is 17.1. The molecule has 6 aromatic rings. The second kappa shape index (κ2) is 23.1. The number of methoxy groups -OCH3 is 1. The molecule has 67 heavy (non-hydrogen) atoms.